The molecule has 0 amide bonds. The average molecular weight is 602 g/mol. The van der Waals surface area contributed by atoms with Gasteiger partial charge in [-0.15, -0.1) is 6.58 Å². The van der Waals surface area contributed by atoms with Gasteiger partial charge in [0.15, 0.2) is 23.1 Å². The molecular weight excluding hydrogens is 561 g/mol. The van der Waals surface area contributed by atoms with Crippen LogP contribution in [0.4, 0.5) is 4.39 Å². The fourth-order valence-electron chi connectivity index (χ4n) is 6.96. The van der Waals surface area contributed by atoms with Crippen LogP contribution in [0.15, 0.2) is 71.6 Å². The van der Waals surface area contributed by atoms with Gasteiger partial charge in [0.25, 0.3) is 0 Å². The normalized spacial score (nSPS) is 19.5. The van der Waals surface area contributed by atoms with Crippen molar-refractivity contribution in [3.8, 4) is 11.5 Å². The molecule has 2 aliphatic carbocycles. The van der Waals surface area contributed by atoms with Crippen LogP contribution in [0, 0.1) is 16.6 Å². The largest absolute Gasteiger partial charge is 0.493 e. The maximum atomic E-state index is 14.0. The van der Waals surface area contributed by atoms with Crippen molar-refractivity contribution >= 4 is 17.5 Å². The molecule has 8 heteroatoms. The van der Waals surface area contributed by atoms with Crippen LogP contribution in [0.25, 0.3) is 0 Å². The van der Waals surface area contributed by atoms with Gasteiger partial charge in [-0.1, -0.05) is 52.0 Å². The summed E-state index contributed by atoms with van der Waals surface area (Å²) in [5.74, 6) is -1.34. The van der Waals surface area contributed by atoms with Gasteiger partial charge in [-0.2, -0.15) is 0 Å². The molecule has 0 atom stereocenters. The lowest BCUT2D eigenvalue weighted by atomic mass is 9.63. The number of rotatable bonds is 9. The molecule has 7 nitrogen and oxygen atoms in total. The van der Waals surface area contributed by atoms with Gasteiger partial charge < -0.3 is 19.5 Å². The first-order valence-corrected chi connectivity index (χ1v) is 14.9. The Bertz CT molecular complexity index is 1560. The van der Waals surface area contributed by atoms with E-state index in [2.05, 4.69) is 6.58 Å². The quantitative estimate of drug-likeness (QED) is 0.312. The highest BCUT2D eigenvalue weighted by molar-refractivity contribution is 6.07. The van der Waals surface area contributed by atoms with Crippen LogP contribution in [0.2, 0.25) is 0 Å². The summed E-state index contributed by atoms with van der Waals surface area (Å²) in [6.07, 6.45) is 3.75. The Balaban J connectivity index is 1.71. The molecule has 0 saturated carbocycles. The number of methoxy groups -OCH3 is 1. The molecular formula is C36H40FNO6. The van der Waals surface area contributed by atoms with E-state index in [0.29, 0.717) is 64.4 Å². The minimum absolute atomic E-state index is 0.0866. The summed E-state index contributed by atoms with van der Waals surface area (Å²) in [6, 6.07) is 9.91. The second-order valence-electron chi connectivity index (χ2n) is 13.6. The van der Waals surface area contributed by atoms with E-state index in [4.69, 9.17) is 9.47 Å². The number of allylic oxidation sites excluding steroid dienone is 5. The zero-order valence-electron chi connectivity index (χ0n) is 26.1. The van der Waals surface area contributed by atoms with Gasteiger partial charge in [0, 0.05) is 46.9 Å². The molecule has 232 valence electrons. The lowest BCUT2D eigenvalue weighted by molar-refractivity contribution is -0.138. The zero-order chi connectivity index (χ0) is 32.0. The van der Waals surface area contributed by atoms with E-state index in [1.807, 2.05) is 33.8 Å². The number of hydrogen-bond acceptors (Lipinski definition) is 6. The fraction of sp³-hybridized carbons (Fsp3) is 0.417. The third-order valence-electron chi connectivity index (χ3n) is 8.66. The molecule has 1 aliphatic heterocycles. The van der Waals surface area contributed by atoms with Crippen LogP contribution in [0.3, 0.4) is 0 Å². The van der Waals surface area contributed by atoms with Gasteiger partial charge in [0.05, 0.1) is 7.11 Å². The number of nitrogens with zero attached hydrogens (tertiary/aromatic N) is 1. The number of carboxylic acid groups (broad SMARTS) is 1. The van der Waals surface area contributed by atoms with Crippen molar-refractivity contribution < 1.29 is 33.4 Å². The van der Waals surface area contributed by atoms with Crippen LogP contribution in [0.1, 0.15) is 76.0 Å². The first kappa shape index (κ1) is 31.2. The second-order valence-corrected chi connectivity index (χ2v) is 13.6. The van der Waals surface area contributed by atoms with E-state index in [0.717, 1.165) is 5.56 Å². The number of ether oxygens (including phenoxy) is 2. The minimum Gasteiger partial charge on any atom is -0.493 e. The average Bonchev–Trinajstić information content (AvgIpc) is 2.91. The van der Waals surface area contributed by atoms with Crippen molar-refractivity contribution in [1.82, 2.24) is 4.90 Å². The van der Waals surface area contributed by atoms with E-state index in [1.54, 1.807) is 29.2 Å². The smallest absolute Gasteiger partial charge is 0.323 e. The first-order chi connectivity index (χ1) is 20.7. The lowest BCUT2D eigenvalue weighted by Gasteiger charge is -2.48. The Morgan fingerprint density at radius 2 is 1.64 bits per heavy atom. The first-order valence-electron chi connectivity index (χ1n) is 14.9. The molecule has 0 radical (unpaired) electrons. The van der Waals surface area contributed by atoms with Crippen molar-refractivity contribution in [3.63, 3.8) is 0 Å². The zero-order valence-corrected chi connectivity index (χ0v) is 26.1. The molecule has 0 saturated heterocycles. The molecule has 1 heterocycles. The number of carboxylic acids is 1. The van der Waals surface area contributed by atoms with E-state index >= 15 is 0 Å². The highest BCUT2D eigenvalue weighted by Gasteiger charge is 2.49. The van der Waals surface area contributed by atoms with Gasteiger partial charge in [0.2, 0.25) is 0 Å². The molecule has 44 heavy (non-hydrogen) atoms. The number of carbonyl (C=O) groups is 3. The predicted octanol–water partition coefficient (Wildman–Crippen LogP) is 6.91. The van der Waals surface area contributed by atoms with Crippen LogP contribution in [0.5, 0.6) is 11.5 Å². The van der Waals surface area contributed by atoms with E-state index < -0.39 is 11.9 Å². The maximum Gasteiger partial charge on any atom is 0.323 e. The molecule has 2 aromatic rings. The highest BCUT2D eigenvalue weighted by atomic mass is 19.1. The summed E-state index contributed by atoms with van der Waals surface area (Å²) in [7, 11) is 1.53. The summed E-state index contributed by atoms with van der Waals surface area (Å²) in [6.45, 7) is 11.7. The standard InChI is InChI=1S/C36H40FNO6/c1-7-9-22-13-23(14-29(43-6)34(22)44-20-21-10-8-11-24(37)12-21)31-32-25(15-35(2,3)17-27(32)39)38(19-30(41)42)26-16-36(4,5)18-28(40)33(26)31/h7-8,10-14,31H,1,9,15-20H2,2-6H3,(H,41,42). The van der Waals surface area contributed by atoms with Crippen molar-refractivity contribution in [1.29, 1.82) is 0 Å². The van der Waals surface area contributed by atoms with Crippen LogP contribution in [-0.4, -0.2) is 41.2 Å². The number of carbonyl (C=O) groups excluding carboxylic acids is 2. The van der Waals surface area contributed by atoms with E-state index in [-0.39, 0.29) is 54.2 Å². The van der Waals surface area contributed by atoms with Crippen LogP contribution >= 0.6 is 0 Å². The predicted molar refractivity (Wildman–Crippen MR) is 165 cm³/mol. The highest BCUT2D eigenvalue weighted by Crippen LogP contribution is 2.55. The summed E-state index contributed by atoms with van der Waals surface area (Å²) >= 11 is 0. The molecule has 3 aliphatic rings. The second kappa shape index (κ2) is 11.7. The summed E-state index contributed by atoms with van der Waals surface area (Å²) in [5, 5.41) is 9.95. The Hall–Kier alpha value is -4.20. The van der Waals surface area contributed by atoms with Gasteiger partial charge in [-0.25, -0.2) is 4.39 Å². The van der Waals surface area contributed by atoms with Gasteiger partial charge in [0.1, 0.15) is 19.0 Å². The van der Waals surface area contributed by atoms with Crippen molar-refractivity contribution in [2.75, 3.05) is 13.7 Å². The van der Waals surface area contributed by atoms with E-state index in [1.165, 1.54) is 19.2 Å². The third kappa shape index (κ3) is 6.07. The summed E-state index contributed by atoms with van der Waals surface area (Å²) in [5.41, 5.74) is 3.69. The van der Waals surface area contributed by atoms with Gasteiger partial charge >= 0.3 is 5.97 Å². The fourth-order valence-corrected chi connectivity index (χ4v) is 6.96. The molecule has 0 bridgehead atoms. The molecule has 2 aromatic carbocycles. The number of aliphatic carboxylic acids is 1. The topological polar surface area (TPSA) is 93.1 Å². The number of benzene rings is 2. The van der Waals surface area contributed by atoms with E-state index in [9.17, 15) is 23.9 Å². The number of Topliss-reactive ketones (excluding diaryl/α,β-unsaturated/α-hetero) is 2. The Kier molecular flexibility index (Phi) is 8.31. The van der Waals surface area contributed by atoms with Gasteiger partial charge in [-0.3, -0.25) is 14.4 Å². The van der Waals surface area contributed by atoms with Crippen LogP contribution in [-0.2, 0) is 27.4 Å². The van der Waals surface area contributed by atoms with Gasteiger partial charge in [-0.05, 0) is 59.4 Å². The molecule has 0 fully saturated rings. The third-order valence-corrected chi connectivity index (χ3v) is 8.66. The lowest BCUT2D eigenvalue weighted by Crippen LogP contribution is -2.45. The maximum absolute atomic E-state index is 14.0. The Morgan fingerprint density at radius 3 is 2.16 bits per heavy atom. The summed E-state index contributed by atoms with van der Waals surface area (Å²) < 4.78 is 25.8. The minimum atomic E-state index is -1.02. The SMILES string of the molecule is C=CCc1cc(C2C3=C(CC(C)(C)CC3=O)N(CC(=O)O)C3=C2C(=O)CC(C)(C)C3)cc(OC)c1OCc1cccc(F)c1. The monoisotopic (exact) mass is 601 g/mol. The van der Waals surface area contributed by atoms with Crippen LogP contribution < -0.4 is 9.47 Å². The van der Waals surface area contributed by atoms with Crippen molar-refractivity contribution in [2.24, 2.45) is 10.8 Å². The molecule has 1 N–H and O–H groups in total. The number of halogens is 1. The molecule has 0 unspecified atom stereocenters. The Morgan fingerprint density at radius 1 is 1.02 bits per heavy atom. The summed E-state index contributed by atoms with van der Waals surface area (Å²) in [4.78, 5) is 41.9. The molecule has 0 aromatic heterocycles. The molecule has 5 rings (SSSR count). The van der Waals surface area contributed by atoms with Crippen molar-refractivity contribution in [2.45, 2.75) is 72.3 Å². The van der Waals surface area contributed by atoms with Crippen molar-refractivity contribution in [3.05, 3.63) is 94.1 Å². The molecule has 0 spiro atoms. The number of ketones is 2. The Labute approximate surface area is 258 Å². The number of hydrogen-bond donors (Lipinski definition) is 1.